The van der Waals surface area contributed by atoms with Gasteiger partial charge >= 0.3 is 0 Å². The number of nitrogens with one attached hydrogen (secondary N) is 1. The molecule has 2 unspecified atom stereocenters. The standard InChI is InChI=1S/C15H30N2OS/c1-11(2)12(3)19-10-6-5-9-15(4,14(16)18)17-13-7-8-13/h11-13,17H,5-10H2,1-4H3,(H2,16,18). The summed E-state index contributed by atoms with van der Waals surface area (Å²) in [6.45, 7) is 8.78. The van der Waals surface area contributed by atoms with Crippen molar-refractivity contribution < 1.29 is 4.79 Å². The largest absolute Gasteiger partial charge is 0.368 e. The van der Waals surface area contributed by atoms with Gasteiger partial charge in [-0.1, -0.05) is 27.2 Å². The van der Waals surface area contributed by atoms with Crippen LogP contribution in [0.2, 0.25) is 0 Å². The number of carbonyl (C=O) groups is 1. The molecule has 0 aromatic carbocycles. The van der Waals surface area contributed by atoms with Gasteiger partial charge in [0.15, 0.2) is 0 Å². The summed E-state index contributed by atoms with van der Waals surface area (Å²) in [4.78, 5) is 11.6. The third kappa shape index (κ3) is 6.17. The number of hydrogen-bond donors (Lipinski definition) is 2. The van der Waals surface area contributed by atoms with Crippen LogP contribution >= 0.6 is 11.8 Å². The Labute approximate surface area is 122 Å². The number of primary amides is 1. The molecule has 19 heavy (non-hydrogen) atoms. The topological polar surface area (TPSA) is 55.1 Å². The first-order valence-corrected chi connectivity index (χ1v) is 8.59. The molecule has 112 valence electrons. The van der Waals surface area contributed by atoms with Crippen molar-refractivity contribution in [3.8, 4) is 0 Å². The summed E-state index contributed by atoms with van der Waals surface area (Å²) in [6, 6.07) is 0.521. The maximum atomic E-state index is 11.6. The molecule has 1 saturated carbocycles. The van der Waals surface area contributed by atoms with Crippen molar-refractivity contribution in [1.29, 1.82) is 0 Å². The van der Waals surface area contributed by atoms with E-state index in [1.165, 1.54) is 18.6 Å². The van der Waals surface area contributed by atoms with Crippen molar-refractivity contribution in [1.82, 2.24) is 5.32 Å². The minimum Gasteiger partial charge on any atom is -0.368 e. The predicted molar refractivity (Wildman–Crippen MR) is 84.4 cm³/mol. The minimum absolute atomic E-state index is 0.206. The molecular weight excluding hydrogens is 256 g/mol. The van der Waals surface area contributed by atoms with Gasteiger partial charge in [0.2, 0.25) is 5.91 Å². The van der Waals surface area contributed by atoms with Gasteiger partial charge < -0.3 is 11.1 Å². The Bertz CT molecular complexity index is 292. The van der Waals surface area contributed by atoms with Crippen LogP contribution in [0.3, 0.4) is 0 Å². The Morgan fingerprint density at radius 2 is 2.00 bits per heavy atom. The summed E-state index contributed by atoms with van der Waals surface area (Å²) in [6.07, 6.45) is 5.46. The van der Waals surface area contributed by atoms with Gasteiger partial charge in [-0.25, -0.2) is 0 Å². The number of amides is 1. The van der Waals surface area contributed by atoms with E-state index in [1.54, 1.807) is 0 Å². The van der Waals surface area contributed by atoms with Gasteiger partial charge in [0.05, 0.1) is 5.54 Å². The lowest BCUT2D eigenvalue weighted by Gasteiger charge is -2.27. The van der Waals surface area contributed by atoms with Crippen molar-refractivity contribution in [2.24, 2.45) is 11.7 Å². The molecule has 0 aliphatic heterocycles. The smallest absolute Gasteiger partial charge is 0.237 e. The fourth-order valence-electron chi connectivity index (χ4n) is 1.99. The number of hydrogen-bond acceptors (Lipinski definition) is 3. The van der Waals surface area contributed by atoms with Crippen molar-refractivity contribution in [2.75, 3.05) is 5.75 Å². The van der Waals surface area contributed by atoms with E-state index in [0.29, 0.717) is 11.3 Å². The molecule has 0 radical (unpaired) electrons. The highest BCUT2D eigenvalue weighted by Gasteiger charge is 2.36. The molecule has 1 fully saturated rings. The van der Waals surface area contributed by atoms with E-state index in [2.05, 4.69) is 26.1 Å². The highest BCUT2D eigenvalue weighted by Crippen LogP contribution is 2.26. The van der Waals surface area contributed by atoms with E-state index >= 15 is 0 Å². The van der Waals surface area contributed by atoms with Crippen LogP contribution in [-0.2, 0) is 4.79 Å². The van der Waals surface area contributed by atoms with Crippen molar-refractivity contribution in [3.63, 3.8) is 0 Å². The van der Waals surface area contributed by atoms with Crippen LogP contribution in [0.1, 0.15) is 59.8 Å². The third-order valence-electron chi connectivity index (χ3n) is 4.03. The van der Waals surface area contributed by atoms with Crippen LogP contribution in [0.4, 0.5) is 0 Å². The van der Waals surface area contributed by atoms with Gasteiger partial charge in [-0.3, -0.25) is 4.79 Å². The fraction of sp³-hybridized carbons (Fsp3) is 0.933. The second-order valence-corrected chi connectivity index (χ2v) is 7.88. The highest BCUT2D eigenvalue weighted by atomic mass is 32.2. The molecule has 1 amide bonds. The molecule has 0 saturated heterocycles. The molecule has 4 heteroatoms. The summed E-state index contributed by atoms with van der Waals surface area (Å²) >= 11 is 2.03. The SMILES string of the molecule is CC(C)C(C)SCCCCC(C)(NC1CC1)C(N)=O. The number of thioether (sulfide) groups is 1. The monoisotopic (exact) mass is 286 g/mol. The van der Waals surface area contributed by atoms with E-state index in [0.717, 1.165) is 25.2 Å². The van der Waals surface area contributed by atoms with Crippen molar-refractivity contribution in [3.05, 3.63) is 0 Å². The quantitative estimate of drug-likeness (QED) is 0.607. The van der Waals surface area contributed by atoms with Gasteiger partial charge in [0, 0.05) is 11.3 Å². The number of unbranched alkanes of at least 4 members (excludes halogenated alkanes) is 1. The predicted octanol–water partition coefficient (Wildman–Crippen LogP) is 2.93. The molecule has 0 bridgehead atoms. The molecule has 1 aliphatic rings. The molecule has 3 nitrogen and oxygen atoms in total. The average molecular weight is 286 g/mol. The Hall–Kier alpha value is -0.220. The molecule has 1 rings (SSSR count). The third-order valence-corrected chi connectivity index (χ3v) is 5.63. The molecular formula is C15H30N2OS. The van der Waals surface area contributed by atoms with Crippen LogP contribution in [0.5, 0.6) is 0 Å². The summed E-state index contributed by atoms with van der Waals surface area (Å²) in [5, 5.41) is 4.12. The number of carbonyl (C=O) groups excluding carboxylic acids is 1. The summed E-state index contributed by atoms with van der Waals surface area (Å²) < 4.78 is 0. The second kappa shape index (κ2) is 7.53. The van der Waals surface area contributed by atoms with Gasteiger partial charge in [-0.05, 0) is 44.3 Å². The zero-order valence-corrected chi connectivity index (χ0v) is 13.7. The van der Waals surface area contributed by atoms with Crippen LogP contribution in [0.25, 0.3) is 0 Å². The maximum absolute atomic E-state index is 11.6. The summed E-state index contributed by atoms with van der Waals surface area (Å²) in [7, 11) is 0. The lowest BCUT2D eigenvalue weighted by atomic mass is 9.94. The number of nitrogens with two attached hydrogens (primary N) is 1. The minimum atomic E-state index is -0.504. The van der Waals surface area contributed by atoms with Crippen LogP contribution in [-0.4, -0.2) is 28.5 Å². The lowest BCUT2D eigenvalue weighted by Crippen LogP contribution is -2.53. The molecule has 2 atom stereocenters. The lowest BCUT2D eigenvalue weighted by molar-refractivity contribution is -0.124. The first-order chi connectivity index (χ1) is 8.85. The van der Waals surface area contributed by atoms with E-state index in [9.17, 15) is 4.79 Å². The first kappa shape index (κ1) is 16.8. The van der Waals surface area contributed by atoms with Gasteiger partial charge in [0.1, 0.15) is 0 Å². The first-order valence-electron chi connectivity index (χ1n) is 7.54. The van der Waals surface area contributed by atoms with Crippen molar-refractivity contribution in [2.45, 2.75) is 76.6 Å². The normalized spacial score (nSPS) is 20.3. The fourth-order valence-corrected chi connectivity index (χ4v) is 3.11. The molecule has 0 aromatic rings. The maximum Gasteiger partial charge on any atom is 0.237 e. The zero-order valence-electron chi connectivity index (χ0n) is 12.9. The van der Waals surface area contributed by atoms with E-state index in [-0.39, 0.29) is 5.91 Å². The van der Waals surface area contributed by atoms with Crippen LogP contribution < -0.4 is 11.1 Å². The Balaban J connectivity index is 2.19. The zero-order chi connectivity index (χ0) is 14.5. The van der Waals surface area contributed by atoms with Crippen LogP contribution in [0, 0.1) is 5.92 Å². The Kier molecular flexibility index (Phi) is 6.67. The van der Waals surface area contributed by atoms with Crippen molar-refractivity contribution >= 4 is 17.7 Å². The second-order valence-electron chi connectivity index (χ2n) is 6.39. The highest BCUT2D eigenvalue weighted by molar-refractivity contribution is 7.99. The Morgan fingerprint density at radius 1 is 1.37 bits per heavy atom. The van der Waals surface area contributed by atoms with Gasteiger partial charge in [-0.2, -0.15) is 11.8 Å². The Morgan fingerprint density at radius 3 is 2.47 bits per heavy atom. The molecule has 0 aromatic heterocycles. The summed E-state index contributed by atoms with van der Waals surface area (Å²) in [5.74, 6) is 1.71. The molecule has 3 N–H and O–H groups in total. The molecule has 0 heterocycles. The van der Waals surface area contributed by atoms with E-state index in [4.69, 9.17) is 5.73 Å². The average Bonchev–Trinajstić information content (AvgIpc) is 3.11. The molecule has 1 aliphatic carbocycles. The van der Waals surface area contributed by atoms with Gasteiger partial charge in [0.25, 0.3) is 0 Å². The van der Waals surface area contributed by atoms with Gasteiger partial charge in [-0.15, -0.1) is 0 Å². The number of rotatable bonds is 10. The molecule has 0 spiro atoms. The summed E-state index contributed by atoms with van der Waals surface area (Å²) in [5.41, 5.74) is 5.04. The van der Waals surface area contributed by atoms with E-state index < -0.39 is 5.54 Å². The van der Waals surface area contributed by atoms with Crippen LogP contribution in [0.15, 0.2) is 0 Å². The van der Waals surface area contributed by atoms with E-state index in [1.807, 2.05) is 18.7 Å².